The molecule has 0 radical (unpaired) electrons. The maximum absolute atomic E-state index is 9.30. The Morgan fingerprint density at radius 2 is 2.41 bits per heavy atom. The number of aliphatic imine (C=N–C) groups is 2. The van der Waals surface area contributed by atoms with Gasteiger partial charge in [-0.15, -0.1) is 0 Å². The first kappa shape index (κ1) is 12.5. The van der Waals surface area contributed by atoms with Gasteiger partial charge in [-0.05, 0) is 5.92 Å². The molecule has 2 rings (SSSR count). The lowest BCUT2D eigenvalue weighted by Gasteiger charge is -2.36. The smallest absolute Gasteiger partial charge is 0.220 e. The summed E-state index contributed by atoms with van der Waals surface area (Å²) in [6.45, 7) is 7.24. The Kier molecular flexibility index (Phi) is 4.12. The Balaban J connectivity index is 2.01. The lowest BCUT2D eigenvalue weighted by atomic mass is 9.97. The monoisotopic (exact) mass is 239 g/mol. The first-order valence-corrected chi connectivity index (χ1v) is 6.26. The Labute approximate surface area is 102 Å². The van der Waals surface area contributed by atoms with Gasteiger partial charge in [-0.3, -0.25) is 4.99 Å². The van der Waals surface area contributed by atoms with Crippen LogP contribution in [0.15, 0.2) is 9.98 Å². The molecule has 96 valence electrons. The first-order valence-electron chi connectivity index (χ1n) is 6.26. The number of hydrogen-bond acceptors (Lipinski definition) is 5. The van der Waals surface area contributed by atoms with Gasteiger partial charge in [0.15, 0.2) is 0 Å². The van der Waals surface area contributed by atoms with Crippen molar-refractivity contribution in [2.24, 2.45) is 21.8 Å². The van der Waals surface area contributed by atoms with Crippen molar-refractivity contribution in [2.75, 3.05) is 32.9 Å². The zero-order valence-electron chi connectivity index (χ0n) is 10.5. The van der Waals surface area contributed by atoms with Crippen molar-refractivity contribution in [3.05, 3.63) is 0 Å². The van der Waals surface area contributed by atoms with E-state index >= 15 is 0 Å². The Bertz CT molecular complexity index is 315. The maximum Gasteiger partial charge on any atom is 0.220 e. The summed E-state index contributed by atoms with van der Waals surface area (Å²) >= 11 is 0. The molecular formula is C12H21N3O2. The van der Waals surface area contributed by atoms with Crippen molar-refractivity contribution in [2.45, 2.75) is 19.9 Å². The summed E-state index contributed by atoms with van der Waals surface area (Å²) < 4.78 is 5.34. The molecule has 5 nitrogen and oxygen atoms in total. The van der Waals surface area contributed by atoms with Crippen molar-refractivity contribution in [1.82, 2.24) is 4.90 Å². The first-order chi connectivity index (χ1) is 8.22. The Morgan fingerprint density at radius 3 is 3.00 bits per heavy atom. The molecular weight excluding hydrogens is 218 g/mol. The molecule has 0 spiro atoms. The van der Waals surface area contributed by atoms with E-state index in [0.29, 0.717) is 25.0 Å². The maximum atomic E-state index is 9.30. The second-order valence-corrected chi connectivity index (χ2v) is 4.93. The van der Waals surface area contributed by atoms with E-state index in [4.69, 9.17) is 4.74 Å². The van der Waals surface area contributed by atoms with Gasteiger partial charge in [-0.25, -0.2) is 4.99 Å². The summed E-state index contributed by atoms with van der Waals surface area (Å²) in [5, 5.41) is 9.30. The molecule has 17 heavy (non-hydrogen) atoms. The number of rotatable bonds is 2. The molecule has 5 heteroatoms. The second kappa shape index (κ2) is 5.60. The molecule has 0 amide bonds. The summed E-state index contributed by atoms with van der Waals surface area (Å²) in [6.07, 6.45) is 2.00. The highest BCUT2D eigenvalue weighted by molar-refractivity contribution is 5.90. The zero-order valence-corrected chi connectivity index (χ0v) is 10.5. The number of nitrogens with zero attached hydrogens (tertiary/aromatic N) is 3. The topological polar surface area (TPSA) is 57.4 Å². The number of ether oxygens (including phenoxy) is 1. The van der Waals surface area contributed by atoms with E-state index in [-0.39, 0.29) is 12.6 Å². The number of aliphatic hydroxyl groups is 1. The molecule has 1 fully saturated rings. The zero-order chi connectivity index (χ0) is 12.3. The van der Waals surface area contributed by atoms with Gasteiger partial charge in [-0.1, -0.05) is 13.8 Å². The largest absolute Gasteiger partial charge is 0.394 e. The number of aliphatic hydroxyl groups excluding tert-OH is 1. The van der Waals surface area contributed by atoms with Crippen LogP contribution in [0.2, 0.25) is 0 Å². The van der Waals surface area contributed by atoms with E-state index in [1.165, 1.54) is 0 Å². The van der Waals surface area contributed by atoms with E-state index in [1.807, 2.05) is 6.21 Å². The van der Waals surface area contributed by atoms with Crippen molar-refractivity contribution in [3.8, 4) is 0 Å². The molecule has 0 bridgehead atoms. The van der Waals surface area contributed by atoms with Crippen molar-refractivity contribution in [3.63, 3.8) is 0 Å². The standard InChI is InChI=1S/C12H21N3O2/c1-9(2)10-5-13-12(14-6-10)15-3-4-17-8-11(15)7-16/h5,9-11,16H,3-4,6-8H2,1-2H3. The van der Waals surface area contributed by atoms with E-state index in [0.717, 1.165) is 19.0 Å². The van der Waals surface area contributed by atoms with Crippen molar-refractivity contribution >= 4 is 12.2 Å². The second-order valence-electron chi connectivity index (χ2n) is 4.93. The van der Waals surface area contributed by atoms with Gasteiger partial charge in [0.2, 0.25) is 5.96 Å². The highest BCUT2D eigenvalue weighted by Crippen LogP contribution is 2.15. The summed E-state index contributed by atoms with van der Waals surface area (Å²) in [5.74, 6) is 1.76. The molecule has 0 saturated carbocycles. The van der Waals surface area contributed by atoms with Crippen LogP contribution < -0.4 is 0 Å². The third-order valence-electron chi connectivity index (χ3n) is 3.38. The number of hydrogen-bond donors (Lipinski definition) is 1. The Hall–Kier alpha value is -0.940. The van der Waals surface area contributed by atoms with Crippen LogP contribution in [0.4, 0.5) is 0 Å². The predicted octanol–water partition coefficient (Wildman–Crippen LogP) is 0.392. The Morgan fingerprint density at radius 1 is 1.59 bits per heavy atom. The van der Waals surface area contributed by atoms with E-state index in [1.54, 1.807) is 0 Å². The van der Waals surface area contributed by atoms with Crippen LogP contribution in [0.25, 0.3) is 0 Å². The molecule has 2 atom stereocenters. The van der Waals surface area contributed by atoms with Gasteiger partial charge in [0.25, 0.3) is 0 Å². The summed E-state index contributed by atoms with van der Waals surface area (Å²) in [5.41, 5.74) is 0. The lowest BCUT2D eigenvalue weighted by Crippen LogP contribution is -2.50. The van der Waals surface area contributed by atoms with Gasteiger partial charge in [0, 0.05) is 18.7 Å². The van der Waals surface area contributed by atoms with E-state index < -0.39 is 0 Å². The lowest BCUT2D eigenvalue weighted by molar-refractivity contribution is 0.00407. The molecule has 2 aliphatic heterocycles. The van der Waals surface area contributed by atoms with Crippen molar-refractivity contribution in [1.29, 1.82) is 0 Å². The molecule has 2 heterocycles. The highest BCUT2D eigenvalue weighted by Gasteiger charge is 2.26. The molecule has 1 N–H and O–H groups in total. The predicted molar refractivity (Wildman–Crippen MR) is 67.5 cm³/mol. The highest BCUT2D eigenvalue weighted by atomic mass is 16.5. The third kappa shape index (κ3) is 2.84. The molecule has 0 aromatic heterocycles. The fourth-order valence-electron chi connectivity index (χ4n) is 2.05. The van der Waals surface area contributed by atoms with Crippen molar-refractivity contribution < 1.29 is 9.84 Å². The van der Waals surface area contributed by atoms with Gasteiger partial charge in [-0.2, -0.15) is 0 Å². The third-order valence-corrected chi connectivity index (χ3v) is 3.38. The average Bonchev–Trinajstić information content (AvgIpc) is 2.39. The molecule has 1 saturated heterocycles. The minimum atomic E-state index is -0.00440. The van der Waals surface area contributed by atoms with Crippen LogP contribution in [0.3, 0.4) is 0 Å². The van der Waals surface area contributed by atoms with Crippen LogP contribution in [-0.2, 0) is 4.74 Å². The fourth-order valence-corrected chi connectivity index (χ4v) is 2.05. The SMILES string of the molecule is CC(C)C1C=NC(N2CCOCC2CO)=NC1. The fraction of sp³-hybridized carbons (Fsp3) is 0.833. The van der Waals surface area contributed by atoms with Gasteiger partial charge >= 0.3 is 0 Å². The minimum Gasteiger partial charge on any atom is -0.394 e. The molecule has 2 aliphatic rings. The molecule has 2 unspecified atom stereocenters. The van der Waals surface area contributed by atoms with Crippen LogP contribution in [0.1, 0.15) is 13.8 Å². The van der Waals surface area contributed by atoms with Gasteiger partial charge in [0.05, 0.1) is 32.4 Å². The van der Waals surface area contributed by atoms with Gasteiger partial charge in [0.1, 0.15) is 0 Å². The quantitative estimate of drug-likeness (QED) is 0.758. The number of morpholine rings is 1. The normalized spacial score (nSPS) is 29.6. The van der Waals surface area contributed by atoms with E-state index in [2.05, 4.69) is 28.7 Å². The summed E-state index contributed by atoms with van der Waals surface area (Å²) in [6, 6.07) is -0.00440. The van der Waals surface area contributed by atoms with Crippen LogP contribution in [-0.4, -0.2) is 61.1 Å². The molecule has 0 aromatic rings. The van der Waals surface area contributed by atoms with Crippen LogP contribution in [0, 0.1) is 11.8 Å². The summed E-state index contributed by atoms with van der Waals surface area (Å²) in [4.78, 5) is 11.0. The van der Waals surface area contributed by atoms with Gasteiger partial charge < -0.3 is 14.7 Å². The van der Waals surface area contributed by atoms with E-state index in [9.17, 15) is 5.11 Å². The van der Waals surface area contributed by atoms with Crippen LogP contribution >= 0.6 is 0 Å². The minimum absolute atomic E-state index is 0.00440. The molecule has 0 aromatic carbocycles. The van der Waals surface area contributed by atoms with Crippen LogP contribution in [0.5, 0.6) is 0 Å². The molecule has 0 aliphatic carbocycles. The average molecular weight is 239 g/mol. The number of guanidine groups is 1. The summed E-state index contributed by atoms with van der Waals surface area (Å²) in [7, 11) is 0.